The van der Waals surface area contributed by atoms with Crippen LogP contribution in [0.5, 0.6) is 0 Å². The molecule has 0 N–H and O–H groups in total. The monoisotopic (exact) mass is 429 g/mol. The molecule has 0 bridgehead atoms. The quantitative estimate of drug-likeness (QED) is 0.497. The Morgan fingerprint density at radius 3 is 2.69 bits per heavy atom. The average Bonchev–Trinajstić information content (AvgIpc) is 3.56. The highest BCUT2D eigenvalue weighted by Crippen LogP contribution is 2.32. The lowest BCUT2D eigenvalue weighted by atomic mass is 9.99. The van der Waals surface area contributed by atoms with E-state index < -0.39 is 0 Å². The molecule has 2 fully saturated rings. The van der Waals surface area contributed by atoms with E-state index in [-0.39, 0.29) is 11.9 Å². The third-order valence-electron chi connectivity index (χ3n) is 6.72. The Morgan fingerprint density at radius 2 is 1.84 bits per heavy atom. The number of rotatable bonds is 3. The molecule has 1 atom stereocenters. The van der Waals surface area contributed by atoms with Crippen LogP contribution in [0.25, 0.3) is 11.2 Å². The number of carbonyl (C=O) groups excluding carboxylic acids is 1. The van der Waals surface area contributed by atoms with Crippen molar-refractivity contribution in [2.24, 2.45) is 0 Å². The Balaban J connectivity index is 1.34. The average molecular weight is 430 g/mol. The third-order valence-corrected chi connectivity index (χ3v) is 6.72. The summed E-state index contributed by atoms with van der Waals surface area (Å²) in [4.78, 5) is 22.7. The smallest absolute Gasteiger partial charge is 0.274 e. The zero-order chi connectivity index (χ0) is 21.7. The van der Waals surface area contributed by atoms with Gasteiger partial charge in [0.1, 0.15) is 5.82 Å². The Labute approximate surface area is 186 Å². The molecule has 0 spiro atoms. The number of aromatic nitrogens is 5. The summed E-state index contributed by atoms with van der Waals surface area (Å²) in [5, 5.41) is 9.36. The summed E-state index contributed by atoms with van der Waals surface area (Å²) in [5.74, 6) is 1.03. The number of piperidine rings is 1. The molecule has 6 heterocycles. The van der Waals surface area contributed by atoms with Crippen molar-refractivity contribution in [1.82, 2.24) is 29.1 Å². The van der Waals surface area contributed by atoms with Crippen molar-refractivity contribution in [2.45, 2.75) is 45.1 Å². The van der Waals surface area contributed by atoms with Crippen LogP contribution in [0, 0.1) is 6.92 Å². The third kappa shape index (κ3) is 3.21. The maximum absolute atomic E-state index is 13.4. The minimum atomic E-state index is -0.0571. The number of likely N-dealkylation sites (tertiary alicyclic amines) is 1. The molecule has 2 aliphatic heterocycles. The second kappa shape index (κ2) is 7.62. The van der Waals surface area contributed by atoms with Gasteiger partial charge in [-0.3, -0.25) is 4.79 Å². The molecule has 32 heavy (non-hydrogen) atoms. The van der Waals surface area contributed by atoms with Crippen molar-refractivity contribution >= 4 is 22.9 Å². The summed E-state index contributed by atoms with van der Waals surface area (Å²) in [6, 6.07) is 9.70. The highest BCUT2D eigenvalue weighted by atomic mass is 16.2. The van der Waals surface area contributed by atoms with E-state index in [1.54, 1.807) is 4.52 Å². The van der Waals surface area contributed by atoms with Gasteiger partial charge < -0.3 is 9.80 Å². The Bertz CT molecular complexity index is 1270. The number of fused-ring (bicyclic) bond motifs is 2. The summed E-state index contributed by atoms with van der Waals surface area (Å²) >= 11 is 0. The second-order valence-electron chi connectivity index (χ2n) is 8.92. The predicted molar refractivity (Wildman–Crippen MR) is 122 cm³/mol. The summed E-state index contributed by atoms with van der Waals surface area (Å²) in [7, 11) is 0. The Morgan fingerprint density at radius 1 is 1.00 bits per heavy atom. The molecule has 0 aliphatic carbocycles. The zero-order valence-corrected chi connectivity index (χ0v) is 18.3. The van der Waals surface area contributed by atoms with E-state index in [9.17, 15) is 4.79 Å². The van der Waals surface area contributed by atoms with Gasteiger partial charge >= 0.3 is 0 Å². The predicted octanol–water partition coefficient (Wildman–Crippen LogP) is 3.65. The van der Waals surface area contributed by atoms with Crippen LogP contribution in [0.1, 0.15) is 59.9 Å². The van der Waals surface area contributed by atoms with Crippen molar-refractivity contribution in [3.8, 4) is 0 Å². The fourth-order valence-electron chi connectivity index (χ4n) is 5.10. The van der Waals surface area contributed by atoms with Crippen LogP contribution >= 0.6 is 0 Å². The lowest BCUT2D eigenvalue weighted by Crippen LogP contribution is -2.39. The number of hydrogen-bond donors (Lipinski definition) is 0. The largest absolute Gasteiger partial charge is 0.356 e. The van der Waals surface area contributed by atoms with Crippen LogP contribution in [0.3, 0.4) is 0 Å². The maximum atomic E-state index is 13.4. The maximum Gasteiger partial charge on any atom is 0.274 e. The van der Waals surface area contributed by atoms with E-state index in [0.717, 1.165) is 67.1 Å². The van der Waals surface area contributed by atoms with Gasteiger partial charge in [-0.15, -0.1) is 0 Å². The Hall–Kier alpha value is -3.42. The molecule has 8 nitrogen and oxygen atoms in total. The first-order chi connectivity index (χ1) is 15.7. The van der Waals surface area contributed by atoms with Crippen LogP contribution in [0.2, 0.25) is 0 Å². The van der Waals surface area contributed by atoms with Gasteiger partial charge in [0, 0.05) is 43.7 Å². The molecule has 1 amide bonds. The van der Waals surface area contributed by atoms with Crippen molar-refractivity contribution in [3.63, 3.8) is 0 Å². The minimum absolute atomic E-state index is 0.0302. The molecule has 0 saturated carbocycles. The summed E-state index contributed by atoms with van der Waals surface area (Å²) in [5.41, 5.74) is 4.30. The van der Waals surface area contributed by atoms with Gasteiger partial charge in [-0.05, 0) is 57.2 Å². The van der Waals surface area contributed by atoms with Gasteiger partial charge in [0.2, 0.25) is 0 Å². The normalized spacial score (nSPS) is 19.3. The SMILES string of the molecule is Cc1cn2nc(C3CCCCN3C(=O)c3cc4ccccn4n3)cc2nc1N1CCCC1. The molecule has 0 aromatic carbocycles. The number of anilines is 1. The Kier molecular flexibility index (Phi) is 4.59. The standard InChI is InChI=1S/C24H27N7O/c1-17-16-31-22(25-23(17)28-10-6-7-11-28)15-19(26-31)21-9-3-4-12-29(21)24(32)20-14-18-8-2-5-13-30(18)27-20/h2,5,8,13-16,21H,3-4,6-7,9-12H2,1H3. The first-order valence-electron chi connectivity index (χ1n) is 11.5. The molecule has 2 aliphatic rings. The van der Waals surface area contributed by atoms with E-state index in [4.69, 9.17) is 10.1 Å². The van der Waals surface area contributed by atoms with E-state index in [1.165, 1.54) is 12.8 Å². The fraction of sp³-hybridized carbons (Fsp3) is 0.417. The van der Waals surface area contributed by atoms with Gasteiger partial charge in [-0.25, -0.2) is 14.0 Å². The van der Waals surface area contributed by atoms with Crippen molar-refractivity contribution in [3.05, 3.63) is 59.7 Å². The molecule has 0 radical (unpaired) electrons. The van der Waals surface area contributed by atoms with Crippen molar-refractivity contribution in [1.29, 1.82) is 0 Å². The number of hydrogen-bond acceptors (Lipinski definition) is 5. The molecular formula is C24H27N7O. The van der Waals surface area contributed by atoms with Crippen molar-refractivity contribution < 1.29 is 4.79 Å². The van der Waals surface area contributed by atoms with Gasteiger partial charge in [-0.1, -0.05) is 6.07 Å². The first-order valence-corrected chi connectivity index (χ1v) is 11.5. The molecule has 164 valence electrons. The van der Waals surface area contributed by atoms with Crippen LogP contribution in [0.15, 0.2) is 42.7 Å². The summed E-state index contributed by atoms with van der Waals surface area (Å²) < 4.78 is 3.62. The molecular weight excluding hydrogens is 402 g/mol. The van der Waals surface area contributed by atoms with Crippen LogP contribution in [-0.4, -0.2) is 54.7 Å². The molecule has 2 saturated heterocycles. The van der Waals surface area contributed by atoms with E-state index in [0.29, 0.717) is 5.69 Å². The lowest BCUT2D eigenvalue weighted by Gasteiger charge is -2.34. The minimum Gasteiger partial charge on any atom is -0.356 e. The molecule has 4 aromatic rings. The number of carbonyl (C=O) groups is 1. The van der Waals surface area contributed by atoms with Gasteiger partial charge in [0.25, 0.3) is 5.91 Å². The van der Waals surface area contributed by atoms with Crippen LogP contribution in [-0.2, 0) is 0 Å². The molecule has 8 heteroatoms. The topological polar surface area (TPSA) is 71.0 Å². The summed E-state index contributed by atoms with van der Waals surface area (Å²) in [6.07, 6.45) is 9.36. The van der Waals surface area contributed by atoms with E-state index in [2.05, 4.69) is 29.2 Å². The van der Waals surface area contributed by atoms with E-state index >= 15 is 0 Å². The number of amides is 1. The lowest BCUT2D eigenvalue weighted by molar-refractivity contribution is 0.0599. The van der Waals surface area contributed by atoms with Crippen LogP contribution < -0.4 is 4.90 Å². The van der Waals surface area contributed by atoms with Crippen molar-refractivity contribution in [2.75, 3.05) is 24.5 Å². The summed E-state index contributed by atoms with van der Waals surface area (Å²) in [6.45, 7) is 4.95. The van der Waals surface area contributed by atoms with Gasteiger partial charge in [-0.2, -0.15) is 10.2 Å². The van der Waals surface area contributed by atoms with Crippen LogP contribution in [0.4, 0.5) is 5.82 Å². The van der Waals surface area contributed by atoms with E-state index in [1.807, 2.05) is 39.9 Å². The molecule has 1 unspecified atom stereocenters. The highest BCUT2D eigenvalue weighted by Gasteiger charge is 2.32. The number of pyridine rings is 1. The first kappa shape index (κ1) is 19.3. The number of nitrogens with zero attached hydrogens (tertiary/aromatic N) is 7. The number of aryl methyl sites for hydroxylation is 1. The van der Waals surface area contributed by atoms with Gasteiger partial charge in [0.15, 0.2) is 11.3 Å². The highest BCUT2D eigenvalue weighted by molar-refractivity contribution is 5.94. The molecule has 6 rings (SSSR count). The fourth-order valence-corrected chi connectivity index (χ4v) is 5.10. The van der Waals surface area contributed by atoms with Gasteiger partial charge in [0.05, 0.1) is 17.3 Å². The second-order valence-corrected chi connectivity index (χ2v) is 8.92. The molecule has 4 aromatic heterocycles. The zero-order valence-electron chi connectivity index (χ0n) is 18.3.